The number of benzene rings is 2. The molecule has 0 bridgehead atoms. The van der Waals surface area contributed by atoms with Crippen LogP contribution in [0.5, 0.6) is 0 Å². The fourth-order valence-electron chi connectivity index (χ4n) is 2.11. The first-order chi connectivity index (χ1) is 11.8. The van der Waals surface area contributed by atoms with Gasteiger partial charge in [0.2, 0.25) is 5.91 Å². The maximum atomic E-state index is 13.3. The van der Waals surface area contributed by atoms with Gasteiger partial charge >= 0.3 is 0 Å². The van der Waals surface area contributed by atoms with Crippen molar-refractivity contribution < 1.29 is 18.4 Å². The minimum Gasteiger partial charge on any atom is -0.330 e. The summed E-state index contributed by atoms with van der Waals surface area (Å²) in [7, 11) is 0. The highest BCUT2D eigenvalue weighted by Gasteiger charge is 2.19. The van der Waals surface area contributed by atoms with Crippen molar-refractivity contribution in [1.29, 1.82) is 0 Å². The first-order valence-electron chi connectivity index (χ1n) is 7.31. The summed E-state index contributed by atoms with van der Waals surface area (Å²) in [5.74, 6) is -3.30. The number of para-hydroxylation sites is 1. The van der Waals surface area contributed by atoms with Crippen LogP contribution in [0.4, 0.5) is 14.5 Å². The van der Waals surface area contributed by atoms with Crippen LogP contribution < -0.4 is 5.32 Å². The summed E-state index contributed by atoms with van der Waals surface area (Å²) >= 11 is 12.0. The zero-order chi connectivity index (χ0) is 18.6. The molecule has 0 heterocycles. The average Bonchev–Trinajstić information content (AvgIpc) is 2.58. The molecule has 0 saturated heterocycles. The zero-order valence-electron chi connectivity index (χ0n) is 13.2. The molecule has 2 aromatic carbocycles. The molecule has 2 aromatic rings. The Morgan fingerprint density at radius 1 is 1.08 bits per heavy atom. The quantitative estimate of drug-likeness (QED) is 0.828. The van der Waals surface area contributed by atoms with Gasteiger partial charge in [-0.1, -0.05) is 29.3 Å². The van der Waals surface area contributed by atoms with Crippen molar-refractivity contribution in [3.05, 3.63) is 63.6 Å². The number of likely N-dealkylation sites (N-methyl/N-ethyl adjacent to an activating group) is 1. The summed E-state index contributed by atoms with van der Waals surface area (Å²) in [5.41, 5.74) is 0.191. The molecule has 0 fully saturated rings. The van der Waals surface area contributed by atoms with E-state index in [0.29, 0.717) is 0 Å². The van der Waals surface area contributed by atoms with Crippen LogP contribution in [-0.2, 0) is 4.79 Å². The molecule has 0 aromatic heterocycles. The average molecular weight is 387 g/mol. The number of carbonyl (C=O) groups excluding carboxylic acids is 2. The number of carbonyl (C=O) groups is 2. The molecule has 132 valence electrons. The van der Waals surface area contributed by atoms with Crippen molar-refractivity contribution in [3.8, 4) is 0 Å². The zero-order valence-corrected chi connectivity index (χ0v) is 14.7. The minimum absolute atomic E-state index is 0.0516. The van der Waals surface area contributed by atoms with Crippen LogP contribution in [0.15, 0.2) is 36.4 Å². The highest BCUT2D eigenvalue weighted by atomic mass is 35.5. The third kappa shape index (κ3) is 4.67. The maximum Gasteiger partial charge on any atom is 0.254 e. The van der Waals surface area contributed by atoms with E-state index >= 15 is 0 Å². The van der Waals surface area contributed by atoms with Gasteiger partial charge in [0.1, 0.15) is 6.54 Å². The molecule has 0 aliphatic rings. The lowest BCUT2D eigenvalue weighted by molar-refractivity contribution is -0.116. The number of hydrogen-bond acceptors (Lipinski definition) is 2. The number of nitrogens with one attached hydrogen (secondary N) is 1. The van der Waals surface area contributed by atoms with E-state index in [9.17, 15) is 18.4 Å². The van der Waals surface area contributed by atoms with E-state index in [-0.39, 0.29) is 34.4 Å². The standard InChI is InChI=1S/C17H14Cl2F2N2O2/c1-2-23(17(25)10-6-7-13(20)14(21)8-10)9-15(24)22-16-11(18)4-3-5-12(16)19/h3-8H,2,9H2,1H3,(H,22,24). The maximum absolute atomic E-state index is 13.3. The van der Waals surface area contributed by atoms with E-state index in [0.717, 1.165) is 18.2 Å². The fourth-order valence-corrected chi connectivity index (χ4v) is 2.60. The molecule has 2 rings (SSSR count). The van der Waals surface area contributed by atoms with Crippen molar-refractivity contribution in [2.75, 3.05) is 18.4 Å². The van der Waals surface area contributed by atoms with Gasteiger partial charge in [-0.2, -0.15) is 0 Å². The van der Waals surface area contributed by atoms with Gasteiger partial charge in [-0.15, -0.1) is 0 Å². The van der Waals surface area contributed by atoms with Gasteiger partial charge in [0.25, 0.3) is 5.91 Å². The Balaban J connectivity index is 2.11. The van der Waals surface area contributed by atoms with Crippen LogP contribution in [0.2, 0.25) is 10.0 Å². The molecular weight excluding hydrogens is 373 g/mol. The second kappa shape index (κ2) is 8.27. The van der Waals surface area contributed by atoms with E-state index in [4.69, 9.17) is 23.2 Å². The molecular formula is C17H14Cl2F2N2O2. The molecule has 1 N–H and O–H groups in total. The second-order valence-corrected chi connectivity index (χ2v) is 5.91. The normalized spacial score (nSPS) is 10.4. The number of hydrogen-bond donors (Lipinski definition) is 1. The van der Waals surface area contributed by atoms with Crippen molar-refractivity contribution in [1.82, 2.24) is 4.90 Å². The van der Waals surface area contributed by atoms with E-state index < -0.39 is 23.4 Å². The lowest BCUT2D eigenvalue weighted by atomic mass is 10.2. The molecule has 0 saturated carbocycles. The van der Waals surface area contributed by atoms with Gasteiger partial charge in [0, 0.05) is 12.1 Å². The summed E-state index contributed by atoms with van der Waals surface area (Å²) in [6.07, 6.45) is 0. The smallest absolute Gasteiger partial charge is 0.254 e. The Morgan fingerprint density at radius 3 is 2.28 bits per heavy atom. The third-order valence-electron chi connectivity index (χ3n) is 3.40. The van der Waals surface area contributed by atoms with E-state index in [1.807, 2.05) is 0 Å². The Hall–Kier alpha value is -2.18. The Morgan fingerprint density at radius 2 is 1.72 bits per heavy atom. The molecule has 0 aliphatic heterocycles. The van der Waals surface area contributed by atoms with Crippen LogP contribution in [0.1, 0.15) is 17.3 Å². The van der Waals surface area contributed by atoms with Gasteiger partial charge in [-0.3, -0.25) is 9.59 Å². The van der Waals surface area contributed by atoms with Crippen LogP contribution in [0.3, 0.4) is 0 Å². The van der Waals surface area contributed by atoms with Gasteiger partial charge in [-0.25, -0.2) is 8.78 Å². The number of amides is 2. The van der Waals surface area contributed by atoms with Gasteiger partial charge < -0.3 is 10.2 Å². The van der Waals surface area contributed by atoms with Crippen molar-refractivity contribution in [2.45, 2.75) is 6.92 Å². The number of rotatable bonds is 5. The summed E-state index contributed by atoms with van der Waals surface area (Å²) < 4.78 is 26.3. The highest BCUT2D eigenvalue weighted by molar-refractivity contribution is 6.39. The highest BCUT2D eigenvalue weighted by Crippen LogP contribution is 2.29. The Labute approximate surface area is 153 Å². The molecule has 0 aliphatic carbocycles. The lowest BCUT2D eigenvalue weighted by Gasteiger charge is -2.21. The summed E-state index contributed by atoms with van der Waals surface area (Å²) in [6, 6.07) is 7.57. The summed E-state index contributed by atoms with van der Waals surface area (Å²) in [6.45, 7) is 1.56. The first kappa shape index (κ1) is 19.1. The number of halogens is 4. The van der Waals surface area contributed by atoms with Crippen LogP contribution in [-0.4, -0.2) is 29.8 Å². The molecule has 25 heavy (non-hydrogen) atoms. The molecule has 2 amide bonds. The third-order valence-corrected chi connectivity index (χ3v) is 4.03. The van der Waals surface area contributed by atoms with Gasteiger partial charge in [0.15, 0.2) is 11.6 Å². The van der Waals surface area contributed by atoms with E-state index in [1.54, 1.807) is 25.1 Å². The van der Waals surface area contributed by atoms with E-state index in [2.05, 4.69) is 5.32 Å². The molecule has 0 unspecified atom stereocenters. The lowest BCUT2D eigenvalue weighted by Crippen LogP contribution is -2.38. The molecule has 4 nitrogen and oxygen atoms in total. The predicted molar refractivity (Wildman–Crippen MR) is 93.0 cm³/mol. The van der Waals surface area contributed by atoms with Crippen LogP contribution in [0.25, 0.3) is 0 Å². The van der Waals surface area contributed by atoms with Crippen molar-refractivity contribution >= 4 is 40.7 Å². The topological polar surface area (TPSA) is 49.4 Å². The largest absolute Gasteiger partial charge is 0.330 e. The Bertz CT molecular complexity index is 795. The summed E-state index contributed by atoms with van der Waals surface area (Å²) in [4.78, 5) is 25.7. The fraction of sp³-hybridized carbons (Fsp3) is 0.176. The SMILES string of the molecule is CCN(CC(=O)Nc1c(Cl)cccc1Cl)C(=O)c1ccc(F)c(F)c1. The summed E-state index contributed by atoms with van der Waals surface area (Å²) in [5, 5.41) is 3.06. The molecule has 0 atom stereocenters. The monoisotopic (exact) mass is 386 g/mol. The molecule has 8 heteroatoms. The van der Waals surface area contributed by atoms with E-state index in [1.165, 1.54) is 4.90 Å². The molecule has 0 radical (unpaired) electrons. The van der Waals surface area contributed by atoms with Crippen LogP contribution >= 0.6 is 23.2 Å². The number of nitrogens with zero attached hydrogens (tertiary/aromatic N) is 1. The second-order valence-electron chi connectivity index (χ2n) is 5.09. The van der Waals surface area contributed by atoms with Crippen molar-refractivity contribution in [2.24, 2.45) is 0 Å². The minimum atomic E-state index is -1.13. The van der Waals surface area contributed by atoms with Gasteiger partial charge in [0.05, 0.1) is 15.7 Å². The van der Waals surface area contributed by atoms with Gasteiger partial charge in [-0.05, 0) is 37.3 Å². The predicted octanol–water partition coefficient (Wildman–Crippen LogP) is 4.37. The molecule has 0 spiro atoms. The van der Waals surface area contributed by atoms with Crippen molar-refractivity contribution in [3.63, 3.8) is 0 Å². The first-order valence-corrected chi connectivity index (χ1v) is 8.07. The Kier molecular flexibility index (Phi) is 6.33. The van der Waals surface area contributed by atoms with Crippen LogP contribution in [0, 0.1) is 11.6 Å². The number of anilines is 1.